The molecule has 0 unspecified atom stereocenters. The lowest BCUT2D eigenvalue weighted by molar-refractivity contribution is -0.432. The van der Waals surface area contributed by atoms with Crippen LogP contribution in [0.25, 0.3) is 0 Å². The molecule has 0 fully saturated rings. The Balaban J connectivity index is 1.96. The number of nitro benzene ring substituents is 1. The van der Waals surface area contributed by atoms with E-state index in [1.54, 1.807) is 0 Å². The summed E-state index contributed by atoms with van der Waals surface area (Å²) in [5.41, 5.74) is -2.47. The average molecular weight is 728 g/mol. The molecule has 3 rings (SSSR count). The van der Waals surface area contributed by atoms with Gasteiger partial charge in [0.05, 0.1) is 51.2 Å². The molecule has 46 heavy (non-hydrogen) atoms. The Labute approximate surface area is 264 Å². The van der Waals surface area contributed by atoms with Gasteiger partial charge in [-0.25, -0.2) is 23.1 Å². The quantitative estimate of drug-likeness (QED) is 0.0282. The van der Waals surface area contributed by atoms with Crippen molar-refractivity contribution in [1.82, 2.24) is 0 Å². The third-order valence-electron chi connectivity index (χ3n) is 5.06. The number of nitro groups is 1. The number of azo groups is 2. The maximum atomic E-state index is 12.6. The molecule has 6 N–H and O–H groups in total. The summed E-state index contributed by atoms with van der Waals surface area (Å²) in [6.45, 7) is -0.915. The van der Waals surface area contributed by atoms with Crippen LogP contribution in [0.2, 0.25) is 0 Å². The Morgan fingerprint density at radius 2 is 1.43 bits per heavy atom. The molecule has 22 nitrogen and oxygen atoms in total. The molecule has 3 aromatic rings. The van der Waals surface area contributed by atoms with Crippen molar-refractivity contribution in [1.29, 1.82) is 0 Å². The first-order valence-electron chi connectivity index (χ1n) is 11.3. The Kier molecular flexibility index (Phi) is 12.6. The van der Waals surface area contributed by atoms with Crippen LogP contribution in [0.1, 0.15) is 0 Å². The van der Waals surface area contributed by atoms with Crippen LogP contribution in [-0.2, 0) is 43.2 Å². The normalized spacial score (nSPS) is 12.3. The SMILES string of the molecule is O=[N+]([O-])c1cc(SOOO)cc(/N=N/c2ccc(O)c(/N=N/c3ccc(S(=O)(=O)CCOS(=O)(=O)O)cc3SOOO)c2O)c1O. The molecular weight excluding hydrogens is 711 g/mol. The van der Waals surface area contributed by atoms with E-state index in [0.29, 0.717) is 12.0 Å². The molecule has 0 aliphatic rings. The molecular formula is C20H17N5O17S4. The Hall–Kier alpha value is -4.06. The lowest BCUT2D eigenvalue weighted by Gasteiger charge is -2.08. The first kappa shape index (κ1) is 36.4. The Morgan fingerprint density at radius 1 is 0.804 bits per heavy atom. The van der Waals surface area contributed by atoms with Crippen LogP contribution in [0.4, 0.5) is 28.4 Å². The van der Waals surface area contributed by atoms with Gasteiger partial charge in [-0.05, 0) is 36.4 Å². The molecule has 0 saturated carbocycles. The second-order valence-electron chi connectivity index (χ2n) is 7.92. The zero-order valence-electron chi connectivity index (χ0n) is 22.0. The van der Waals surface area contributed by atoms with Gasteiger partial charge in [0, 0.05) is 11.0 Å². The van der Waals surface area contributed by atoms with Gasteiger partial charge in [-0.2, -0.15) is 8.42 Å². The van der Waals surface area contributed by atoms with Gasteiger partial charge in [0.25, 0.3) is 0 Å². The van der Waals surface area contributed by atoms with Crippen molar-refractivity contribution in [3.63, 3.8) is 0 Å². The molecule has 0 aliphatic heterocycles. The molecule has 0 aromatic heterocycles. The molecule has 0 amide bonds. The summed E-state index contributed by atoms with van der Waals surface area (Å²) in [5.74, 6) is -3.26. The molecule has 0 atom stereocenters. The minimum Gasteiger partial charge on any atom is -0.505 e. The van der Waals surface area contributed by atoms with E-state index in [0.717, 1.165) is 42.5 Å². The van der Waals surface area contributed by atoms with Crippen molar-refractivity contribution >= 4 is 72.8 Å². The standard InChI is InChI=1S/C20H17N5O17S4/c26-16-4-3-13(22-23-14-7-10(43-41-39-31)8-15(19(14)27)25(29)30)20(28)18(16)24-21-12-2-1-11(9-17(12)44-42-40-32)45(33,34)6-5-38-46(35,36)37/h1-4,7-9,26-28,31-32H,5-6H2,(H,35,36,37)/b23-22+,24-21+. The fourth-order valence-corrected chi connectivity index (χ4v) is 5.59. The highest BCUT2D eigenvalue weighted by molar-refractivity contribution is 7.95. The number of phenolic OH excluding ortho intramolecular Hbond substituents is 3. The monoisotopic (exact) mass is 727 g/mol. The van der Waals surface area contributed by atoms with Gasteiger partial charge >= 0.3 is 16.1 Å². The summed E-state index contributed by atoms with van der Waals surface area (Å²) in [6.07, 6.45) is 0. The molecule has 248 valence electrons. The van der Waals surface area contributed by atoms with Crippen LogP contribution >= 0.6 is 24.1 Å². The van der Waals surface area contributed by atoms with Crippen LogP contribution < -0.4 is 0 Å². The van der Waals surface area contributed by atoms with Gasteiger partial charge in [-0.15, -0.1) is 29.1 Å². The summed E-state index contributed by atoms with van der Waals surface area (Å²) in [7, 11) is -9.10. The van der Waals surface area contributed by atoms with Crippen molar-refractivity contribution in [2.24, 2.45) is 20.5 Å². The topological polar surface area (TPSA) is 328 Å². The zero-order chi connectivity index (χ0) is 34.1. The Morgan fingerprint density at radius 3 is 2.09 bits per heavy atom. The minimum atomic E-state index is -4.90. The van der Waals surface area contributed by atoms with E-state index < -0.39 is 76.7 Å². The number of aromatic hydroxyl groups is 3. The van der Waals surface area contributed by atoms with Crippen molar-refractivity contribution < 1.29 is 75.1 Å². The van der Waals surface area contributed by atoms with E-state index in [1.165, 1.54) is 0 Å². The average Bonchev–Trinajstić information content (AvgIpc) is 2.98. The molecule has 0 radical (unpaired) electrons. The van der Waals surface area contributed by atoms with Gasteiger partial charge in [-0.1, -0.05) is 10.1 Å². The number of phenols is 3. The van der Waals surface area contributed by atoms with E-state index in [4.69, 9.17) is 15.1 Å². The molecule has 0 spiro atoms. The van der Waals surface area contributed by atoms with Gasteiger partial charge < -0.3 is 15.3 Å². The Bertz CT molecular complexity index is 1870. The number of sulfone groups is 1. The van der Waals surface area contributed by atoms with Crippen molar-refractivity contribution in [3.8, 4) is 17.2 Å². The maximum absolute atomic E-state index is 12.6. The fraction of sp³-hybridized carbons (Fsp3) is 0.100. The predicted octanol–water partition coefficient (Wildman–Crippen LogP) is 4.99. The van der Waals surface area contributed by atoms with E-state index in [-0.39, 0.29) is 33.2 Å². The molecule has 0 aliphatic carbocycles. The summed E-state index contributed by atoms with van der Waals surface area (Å²) in [6, 6.07) is 7.04. The highest BCUT2D eigenvalue weighted by Gasteiger charge is 2.22. The van der Waals surface area contributed by atoms with Crippen LogP contribution in [0.5, 0.6) is 17.2 Å². The van der Waals surface area contributed by atoms with E-state index in [1.807, 2.05) is 0 Å². The van der Waals surface area contributed by atoms with Gasteiger partial charge in [0.15, 0.2) is 21.3 Å². The molecule has 0 bridgehead atoms. The highest BCUT2D eigenvalue weighted by Crippen LogP contribution is 2.46. The highest BCUT2D eigenvalue weighted by atomic mass is 32.3. The first-order valence-corrected chi connectivity index (χ1v) is 15.8. The number of rotatable bonds is 16. The van der Waals surface area contributed by atoms with Crippen molar-refractivity contribution in [2.45, 2.75) is 14.7 Å². The van der Waals surface area contributed by atoms with Crippen molar-refractivity contribution in [2.75, 3.05) is 12.4 Å². The van der Waals surface area contributed by atoms with Crippen LogP contribution in [-0.4, -0.2) is 64.5 Å². The molecule has 26 heteroatoms. The van der Waals surface area contributed by atoms with Gasteiger partial charge in [0.2, 0.25) is 5.75 Å². The van der Waals surface area contributed by atoms with E-state index in [2.05, 4.69) is 43.4 Å². The predicted molar refractivity (Wildman–Crippen MR) is 150 cm³/mol. The summed E-state index contributed by atoms with van der Waals surface area (Å²) in [4.78, 5) is 9.69. The van der Waals surface area contributed by atoms with Crippen LogP contribution in [0, 0.1) is 10.1 Å². The second-order valence-corrected chi connectivity index (χ2v) is 12.6. The van der Waals surface area contributed by atoms with Crippen LogP contribution in [0.15, 0.2) is 77.6 Å². The maximum Gasteiger partial charge on any atom is 0.397 e. The zero-order valence-corrected chi connectivity index (χ0v) is 25.3. The molecule has 0 saturated heterocycles. The number of hydrogen-bond acceptors (Lipinski definition) is 22. The largest absolute Gasteiger partial charge is 0.505 e. The van der Waals surface area contributed by atoms with Crippen LogP contribution in [0.3, 0.4) is 0 Å². The molecule has 3 aromatic carbocycles. The smallest absolute Gasteiger partial charge is 0.397 e. The number of nitrogens with zero attached hydrogens (tertiary/aromatic N) is 5. The summed E-state index contributed by atoms with van der Waals surface area (Å²) < 4.78 is 67.7. The summed E-state index contributed by atoms with van der Waals surface area (Å²) in [5, 5.41) is 81.1. The minimum absolute atomic E-state index is 0.0635. The fourth-order valence-electron chi connectivity index (χ4n) is 3.10. The first-order chi connectivity index (χ1) is 21.7. The second kappa shape index (κ2) is 16.0. The third kappa shape index (κ3) is 9.97. The summed E-state index contributed by atoms with van der Waals surface area (Å²) >= 11 is 0.568. The lowest BCUT2D eigenvalue weighted by Crippen LogP contribution is -2.15. The van der Waals surface area contributed by atoms with E-state index >= 15 is 0 Å². The third-order valence-corrected chi connectivity index (χ3v) is 8.39. The van der Waals surface area contributed by atoms with E-state index in [9.17, 15) is 42.3 Å². The number of hydrogen-bond donors (Lipinski definition) is 6. The van der Waals surface area contributed by atoms with Gasteiger partial charge in [0.1, 0.15) is 22.8 Å². The van der Waals surface area contributed by atoms with Crippen molar-refractivity contribution in [3.05, 3.63) is 52.6 Å². The van der Waals surface area contributed by atoms with Gasteiger partial charge in [-0.3, -0.25) is 14.7 Å². The molecule has 0 heterocycles. The number of benzene rings is 3. The lowest BCUT2D eigenvalue weighted by atomic mass is 10.2.